The molecule has 2 aromatic carbocycles. The van der Waals surface area contributed by atoms with Crippen LogP contribution >= 0.6 is 0 Å². The molecule has 0 aliphatic carbocycles. The summed E-state index contributed by atoms with van der Waals surface area (Å²) in [5.41, 5.74) is 4.02. The molecular weight excluding hydrogens is 687 g/mol. The summed E-state index contributed by atoms with van der Waals surface area (Å²) in [6.07, 6.45) is 6.54. The molecule has 0 aliphatic rings. The number of nitrogens with zero attached hydrogens (tertiary/aromatic N) is 1. The van der Waals surface area contributed by atoms with Crippen molar-refractivity contribution < 1.29 is 42.6 Å². The van der Waals surface area contributed by atoms with E-state index in [-0.39, 0.29) is 65.9 Å². The standard InChI is InChI=1S/C23H20NO.C13H24O2.Ir/c1-14-8-15(2)10-18(9-14)20-12-21-19(13-24-20)11-22(25-21)23-16(3)6-5-7-17(23)4;1-5-10(6-2)12(14)9-13(15)11(7-3)8-4;/h5-9,11-13H,1-4H3;9-11,14H,5-8H2,1-4H3;/q-1;;/b;12-9-;/i3D3,4D3;;. The Bertz CT molecular complexity index is 1630. The Kier molecular flexibility index (Phi) is 9.92. The molecule has 0 saturated heterocycles. The zero-order valence-corrected chi connectivity index (χ0v) is 27.1. The van der Waals surface area contributed by atoms with Gasteiger partial charge in [0.1, 0.15) is 11.3 Å². The minimum atomic E-state index is -2.49. The van der Waals surface area contributed by atoms with Crippen LogP contribution in [-0.4, -0.2) is 15.9 Å². The average Bonchev–Trinajstić information content (AvgIpc) is 3.40. The maximum Gasteiger partial charge on any atom is 0.162 e. The molecule has 0 spiro atoms. The van der Waals surface area contributed by atoms with Crippen LogP contribution in [0.2, 0.25) is 0 Å². The SMILES string of the molecule is CCC(CC)C(=O)/C=C(\O)C(CC)CC.[2H]C([2H])([2H])c1cccc(C([2H])([2H])[2H])c1-c1cc2cnc(-c3[c-]c(C)cc(C)c3)cc2o1.[Ir]. The number of pyridine rings is 1. The number of rotatable bonds is 9. The van der Waals surface area contributed by atoms with Crippen molar-refractivity contribution >= 4 is 16.8 Å². The van der Waals surface area contributed by atoms with E-state index >= 15 is 0 Å². The number of furan rings is 1. The van der Waals surface area contributed by atoms with Crippen LogP contribution in [-0.2, 0) is 24.9 Å². The van der Waals surface area contributed by atoms with Gasteiger partial charge in [0.2, 0.25) is 0 Å². The number of fused-ring (bicyclic) bond motifs is 1. The number of aromatic nitrogens is 1. The van der Waals surface area contributed by atoms with Crippen LogP contribution < -0.4 is 0 Å². The van der Waals surface area contributed by atoms with Crippen molar-refractivity contribution in [2.24, 2.45) is 11.8 Å². The summed E-state index contributed by atoms with van der Waals surface area (Å²) in [6.45, 7) is 7.04. The van der Waals surface area contributed by atoms with E-state index in [1.807, 2.05) is 53.7 Å². The number of carbonyl (C=O) groups excluding carboxylic acids is 1. The Morgan fingerprint density at radius 1 is 1.00 bits per heavy atom. The van der Waals surface area contributed by atoms with Crippen LogP contribution in [0.3, 0.4) is 0 Å². The van der Waals surface area contributed by atoms with Crippen molar-refractivity contribution in [3.63, 3.8) is 0 Å². The fraction of sp³-hybridized carbons (Fsp3) is 0.389. The molecule has 4 aromatic rings. The first kappa shape index (κ1) is 25.7. The molecule has 0 bridgehead atoms. The molecule has 41 heavy (non-hydrogen) atoms. The third-order valence-corrected chi connectivity index (χ3v) is 7.22. The molecular formula is C36H44IrNO3-. The van der Waals surface area contributed by atoms with Crippen LogP contribution in [0.5, 0.6) is 0 Å². The molecule has 4 nitrogen and oxygen atoms in total. The number of allylic oxidation sites excluding steroid dienone is 2. The van der Waals surface area contributed by atoms with Crippen LogP contribution in [0.4, 0.5) is 0 Å². The van der Waals surface area contributed by atoms with Gasteiger partial charge in [0.05, 0.1) is 5.76 Å². The van der Waals surface area contributed by atoms with E-state index in [4.69, 9.17) is 12.6 Å². The molecule has 0 saturated carbocycles. The zero-order chi connectivity index (χ0) is 34.4. The summed E-state index contributed by atoms with van der Waals surface area (Å²) < 4.78 is 53.3. The zero-order valence-electron chi connectivity index (χ0n) is 30.7. The van der Waals surface area contributed by atoms with Gasteiger partial charge in [0.15, 0.2) is 5.78 Å². The fourth-order valence-corrected chi connectivity index (χ4v) is 4.83. The predicted octanol–water partition coefficient (Wildman–Crippen LogP) is 10.1. The molecule has 2 heterocycles. The Hall–Kier alpha value is -3.01. The summed E-state index contributed by atoms with van der Waals surface area (Å²) >= 11 is 0. The molecule has 0 fully saturated rings. The van der Waals surface area contributed by atoms with Crippen molar-refractivity contribution in [2.75, 3.05) is 0 Å². The van der Waals surface area contributed by atoms with E-state index in [2.05, 4.69) is 11.1 Å². The van der Waals surface area contributed by atoms with Crippen LogP contribution in [0, 0.1) is 45.5 Å². The molecule has 4 rings (SSSR count). The van der Waals surface area contributed by atoms with Crippen LogP contribution in [0.25, 0.3) is 33.6 Å². The average molecular weight is 737 g/mol. The quantitative estimate of drug-likeness (QED) is 0.106. The number of hydrogen-bond acceptors (Lipinski definition) is 4. The van der Waals surface area contributed by atoms with E-state index < -0.39 is 13.7 Å². The predicted molar refractivity (Wildman–Crippen MR) is 167 cm³/mol. The van der Waals surface area contributed by atoms with Crippen molar-refractivity contribution in [3.05, 3.63) is 88.8 Å². The second-order valence-electron chi connectivity index (χ2n) is 10.2. The second kappa shape index (κ2) is 15.8. The van der Waals surface area contributed by atoms with E-state index in [9.17, 15) is 9.90 Å². The normalized spacial score (nSPS) is 14.2. The molecule has 0 amide bonds. The monoisotopic (exact) mass is 737 g/mol. The summed E-state index contributed by atoms with van der Waals surface area (Å²) in [6, 6.07) is 14.9. The Labute approximate surface area is 268 Å². The molecule has 5 heteroatoms. The van der Waals surface area contributed by atoms with Gasteiger partial charge in [-0.1, -0.05) is 59.7 Å². The first-order valence-electron chi connectivity index (χ1n) is 17.0. The molecule has 2 aromatic heterocycles. The number of aliphatic hydroxyl groups is 1. The maximum absolute atomic E-state index is 11.7. The molecule has 1 N–H and O–H groups in total. The summed E-state index contributed by atoms with van der Waals surface area (Å²) in [5.74, 6) is 0.738. The van der Waals surface area contributed by atoms with Gasteiger partial charge in [-0.25, -0.2) is 0 Å². The van der Waals surface area contributed by atoms with Gasteiger partial charge in [-0.05, 0) is 68.3 Å². The van der Waals surface area contributed by atoms with Crippen molar-refractivity contribution in [3.8, 4) is 22.6 Å². The largest absolute Gasteiger partial charge is 0.512 e. The molecule has 221 valence electrons. The third kappa shape index (κ3) is 8.74. The van der Waals surface area contributed by atoms with Crippen LogP contribution in [0.1, 0.15) is 83.9 Å². The number of hydrogen-bond donors (Lipinski definition) is 1. The Morgan fingerprint density at radius 3 is 2.20 bits per heavy atom. The summed E-state index contributed by atoms with van der Waals surface area (Å²) in [4.78, 5) is 16.2. The summed E-state index contributed by atoms with van der Waals surface area (Å²) in [7, 11) is 0. The smallest absolute Gasteiger partial charge is 0.162 e. The third-order valence-electron chi connectivity index (χ3n) is 7.22. The van der Waals surface area contributed by atoms with Gasteiger partial charge in [-0.15, -0.1) is 34.9 Å². The van der Waals surface area contributed by atoms with Crippen molar-refractivity contribution in [1.82, 2.24) is 4.98 Å². The fourth-order valence-electron chi connectivity index (χ4n) is 4.83. The molecule has 0 atom stereocenters. The van der Waals surface area contributed by atoms with Gasteiger partial charge < -0.3 is 14.5 Å². The number of ketones is 1. The van der Waals surface area contributed by atoms with Crippen molar-refractivity contribution in [1.29, 1.82) is 0 Å². The number of benzene rings is 2. The van der Waals surface area contributed by atoms with Gasteiger partial charge in [-0.2, -0.15) is 0 Å². The summed E-state index contributed by atoms with van der Waals surface area (Å²) in [5, 5.41) is 10.4. The van der Waals surface area contributed by atoms with E-state index in [0.717, 1.165) is 42.4 Å². The minimum Gasteiger partial charge on any atom is -0.512 e. The van der Waals surface area contributed by atoms with Gasteiger partial charge in [-0.3, -0.25) is 4.79 Å². The van der Waals surface area contributed by atoms with Crippen molar-refractivity contribution in [2.45, 2.75) is 80.9 Å². The molecule has 0 unspecified atom stereocenters. The Balaban J connectivity index is 0.000000410. The van der Waals surface area contributed by atoms with Crippen LogP contribution in [0.15, 0.2) is 64.9 Å². The molecule has 0 aliphatic heterocycles. The first-order chi connectivity index (χ1) is 21.5. The Morgan fingerprint density at radius 2 is 1.63 bits per heavy atom. The van der Waals surface area contributed by atoms with E-state index in [0.29, 0.717) is 16.7 Å². The number of aliphatic hydroxyl groups excluding tert-OH is 1. The molecule has 1 radical (unpaired) electrons. The number of aryl methyl sites for hydroxylation is 4. The maximum atomic E-state index is 11.7. The second-order valence-corrected chi connectivity index (χ2v) is 10.2. The van der Waals surface area contributed by atoms with Gasteiger partial charge in [0.25, 0.3) is 0 Å². The minimum absolute atomic E-state index is 0. The number of carbonyl (C=O) groups is 1. The van der Waals surface area contributed by atoms with E-state index in [1.165, 1.54) is 24.3 Å². The topological polar surface area (TPSA) is 63.3 Å². The van der Waals surface area contributed by atoms with Gasteiger partial charge >= 0.3 is 0 Å². The van der Waals surface area contributed by atoms with Gasteiger partial charge in [0, 0.05) is 63.4 Å². The first-order valence-corrected chi connectivity index (χ1v) is 14.0. The van der Waals surface area contributed by atoms with E-state index in [1.54, 1.807) is 18.3 Å².